The van der Waals surface area contributed by atoms with Crippen molar-refractivity contribution in [3.05, 3.63) is 28.2 Å². The summed E-state index contributed by atoms with van der Waals surface area (Å²) in [4.78, 5) is 0. The molecule has 0 aliphatic rings. The summed E-state index contributed by atoms with van der Waals surface area (Å²) in [6.45, 7) is 3.79. The SMILES string of the molecule is CCOP(=O)(OCC)Oc1cc(Cl)ccc1Cl. The lowest BCUT2D eigenvalue weighted by molar-refractivity contribution is 0.167. The Morgan fingerprint density at radius 1 is 1.18 bits per heavy atom. The molecule has 1 rings (SSSR count). The number of benzene rings is 1. The van der Waals surface area contributed by atoms with E-state index < -0.39 is 7.82 Å². The quantitative estimate of drug-likeness (QED) is 0.723. The number of hydrogen-bond donors (Lipinski definition) is 0. The third kappa shape index (κ3) is 4.49. The van der Waals surface area contributed by atoms with E-state index in [4.69, 9.17) is 36.8 Å². The average Bonchev–Trinajstić information content (AvgIpc) is 2.24. The minimum absolute atomic E-state index is 0.171. The van der Waals surface area contributed by atoms with Crippen molar-refractivity contribution in [3.8, 4) is 5.75 Å². The molecule has 0 radical (unpaired) electrons. The van der Waals surface area contributed by atoms with E-state index in [9.17, 15) is 4.57 Å². The van der Waals surface area contributed by atoms with Gasteiger partial charge in [-0.15, -0.1) is 0 Å². The maximum atomic E-state index is 12.1. The van der Waals surface area contributed by atoms with Crippen molar-refractivity contribution >= 4 is 31.0 Å². The second-order valence-electron chi connectivity index (χ2n) is 2.95. The van der Waals surface area contributed by atoms with E-state index in [1.165, 1.54) is 6.07 Å². The van der Waals surface area contributed by atoms with Gasteiger partial charge in [0.05, 0.1) is 18.2 Å². The van der Waals surface area contributed by atoms with Crippen LogP contribution in [0, 0.1) is 0 Å². The smallest absolute Gasteiger partial charge is 0.402 e. The first kappa shape index (κ1) is 14.8. The van der Waals surface area contributed by atoms with E-state index in [0.29, 0.717) is 5.02 Å². The third-order valence-corrected chi connectivity index (χ3v) is 3.79. The highest BCUT2D eigenvalue weighted by Crippen LogP contribution is 2.50. The number of hydrogen-bond acceptors (Lipinski definition) is 4. The van der Waals surface area contributed by atoms with E-state index in [1.54, 1.807) is 26.0 Å². The highest BCUT2D eigenvalue weighted by Gasteiger charge is 2.28. The number of phosphoric ester groups is 1. The molecule has 0 aromatic heterocycles. The van der Waals surface area contributed by atoms with Crippen molar-refractivity contribution < 1.29 is 18.1 Å². The summed E-state index contributed by atoms with van der Waals surface area (Å²) >= 11 is 11.7. The maximum Gasteiger partial charge on any atom is 0.530 e. The molecule has 0 aliphatic carbocycles. The summed E-state index contributed by atoms with van der Waals surface area (Å²) in [5, 5.41) is 0.706. The molecule has 7 heteroatoms. The lowest BCUT2D eigenvalue weighted by Gasteiger charge is -2.17. The number of halogens is 2. The van der Waals surface area contributed by atoms with Crippen LogP contribution in [0.15, 0.2) is 18.2 Å². The first-order valence-corrected chi connectivity index (χ1v) is 7.26. The van der Waals surface area contributed by atoms with Crippen LogP contribution in [0.1, 0.15) is 13.8 Å². The van der Waals surface area contributed by atoms with Crippen LogP contribution in [0.2, 0.25) is 10.0 Å². The molecule has 17 heavy (non-hydrogen) atoms. The topological polar surface area (TPSA) is 44.8 Å². The minimum Gasteiger partial charge on any atom is -0.402 e. The van der Waals surface area contributed by atoms with E-state index in [1.807, 2.05) is 0 Å². The summed E-state index contributed by atoms with van der Waals surface area (Å²) in [6.07, 6.45) is 0. The highest BCUT2D eigenvalue weighted by molar-refractivity contribution is 7.48. The van der Waals surface area contributed by atoms with Gasteiger partial charge in [-0.25, -0.2) is 4.57 Å². The van der Waals surface area contributed by atoms with Crippen LogP contribution < -0.4 is 4.52 Å². The van der Waals surface area contributed by atoms with Crippen LogP contribution in [-0.4, -0.2) is 13.2 Å². The van der Waals surface area contributed by atoms with Gasteiger partial charge in [-0.3, -0.25) is 9.05 Å². The Kier molecular flexibility index (Phi) is 5.77. The van der Waals surface area contributed by atoms with E-state index >= 15 is 0 Å². The van der Waals surface area contributed by atoms with E-state index in [-0.39, 0.29) is 24.0 Å². The van der Waals surface area contributed by atoms with Gasteiger partial charge < -0.3 is 4.52 Å². The fourth-order valence-electron chi connectivity index (χ4n) is 1.07. The van der Waals surface area contributed by atoms with Crippen molar-refractivity contribution in [1.82, 2.24) is 0 Å². The monoisotopic (exact) mass is 298 g/mol. The zero-order valence-electron chi connectivity index (χ0n) is 9.48. The standard InChI is InChI=1S/C10H13Cl2O4P/c1-3-14-17(13,15-4-2)16-10-7-8(11)5-6-9(10)12/h5-7H,3-4H2,1-2H3. The van der Waals surface area contributed by atoms with Gasteiger partial charge in [-0.1, -0.05) is 23.2 Å². The largest absolute Gasteiger partial charge is 0.530 e. The van der Waals surface area contributed by atoms with Crippen LogP contribution in [0.4, 0.5) is 0 Å². The van der Waals surface area contributed by atoms with Gasteiger partial charge in [0.15, 0.2) is 5.75 Å². The van der Waals surface area contributed by atoms with E-state index in [2.05, 4.69) is 0 Å². The Hall–Kier alpha value is -0.250. The zero-order valence-corrected chi connectivity index (χ0v) is 11.9. The van der Waals surface area contributed by atoms with Crippen molar-refractivity contribution in [2.24, 2.45) is 0 Å². The second kappa shape index (κ2) is 6.62. The lowest BCUT2D eigenvalue weighted by Crippen LogP contribution is -2.02. The van der Waals surface area contributed by atoms with Crippen LogP contribution in [-0.2, 0) is 13.6 Å². The summed E-state index contributed by atoms with van der Waals surface area (Å²) in [5.74, 6) is 0.171. The molecule has 0 unspecified atom stereocenters. The van der Waals surface area contributed by atoms with Crippen molar-refractivity contribution in [3.63, 3.8) is 0 Å². The molecule has 0 aliphatic heterocycles. The zero-order chi connectivity index (χ0) is 12.9. The van der Waals surface area contributed by atoms with Gasteiger partial charge in [0.25, 0.3) is 0 Å². The van der Waals surface area contributed by atoms with Gasteiger partial charge in [0.2, 0.25) is 0 Å². The molecule has 96 valence electrons. The Bertz CT molecular complexity index is 415. The van der Waals surface area contributed by atoms with Crippen molar-refractivity contribution in [1.29, 1.82) is 0 Å². The molecule has 0 heterocycles. The molecular formula is C10H13Cl2O4P. The first-order chi connectivity index (χ1) is 8.00. The van der Waals surface area contributed by atoms with Crippen LogP contribution in [0.25, 0.3) is 0 Å². The molecule has 0 atom stereocenters. The van der Waals surface area contributed by atoms with E-state index in [0.717, 1.165) is 0 Å². The second-order valence-corrected chi connectivity index (χ2v) is 5.39. The van der Waals surface area contributed by atoms with Crippen molar-refractivity contribution in [2.45, 2.75) is 13.8 Å². The highest BCUT2D eigenvalue weighted by atomic mass is 35.5. The van der Waals surface area contributed by atoms with Gasteiger partial charge in [0.1, 0.15) is 0 Å². The Morgan fingerprint density at radius 2 is 1.76 bits per heavy atom. The summed E-state index contributed by atoms with van der Waals surface area (Å²) < 4.78 is 27.2. The molecule has 0 saturated carbocycles. The first-order valence-electron chi connectivity index (χ1n) is 5.04. The molecule has 0 fully saturated rings. The van der Waals surface area contributed by atoms with Crippen molar-refractivity contribution in [2.75, 3.05) is 13.2 Å². The fourth-order valence-corrected chi connectivity index (χ4v) is 2.65. The molecule has 0 saturated heterocycles. The summed E-state index contributed by atoms with van der Waals surface area (Å²) in [5.41, 5.74) is 0. The molecule has 1 aromatic carbocycles. The molecule has 0 amide bonds. The lowest BCUT2D eigenvalue weighted by atomic mass is 10.3. The predicted molar refractivity (Wildman–Crippen MR) is 67.9 cm³/mol. The normalized spacial score (nSPS) is 11.5. The Balaban J connectivity index is 2.93. The van der Waals surface area contributed by atoms with Gasteiger partial charge in [0, 0.05) is 11.1 Å². The van der Waals surface area contributed by atoms with Gasteiger partial charge in [-0.05, 0) is 26.0 Å². The van der Waals surface area contributed by atoms with Gasteiger partial charge >= 0.3 is 7.82 Å². The summed E-state index contributed by atoms with van der Waals surface area (Å²) in [7, 11) is -3.63. The predicted octanol–water partition coefficient (Wildman–Crippen LogP) is 4.55. The maximum absolute atomic E-state index is 12.1. The Morgan fingerprint density at radius 3 is 2.29 bits per heavy atom. The van der Waals surface area contributed by atoms with Gasteiger partial charge in [-0.2, -0.15) is 0 Å². The minimum atomic E-state index is -3.63. The van der Waals surface area contributed by atoms with Crippen LogP contribution >= 0.6 is 31.0 Å². The fraction of sp³-hybridized carbons (Fsp3) is 0.400. The Labute approximate surface area is 110 Å². The van der Waals surface area contributed by atoms with Crippen LogP contribution in [0.5, 0.6) is 5.75 Å². The number of rotatable bonds is 6. The molecule has 1 aromatic rings. The average molecular weight is 299 g/mol. The summed E-state index contributed by atoms with van der Waals surface area (Å²) in [6, 6.07) is 4.60. The third-order valence-electron chi connectivity index (χ3n) is 1.68. The van der Waals surface area contributed by atoms with Crippen LogP contribution in [0.3, 0.4) is 0 Å². The molecule has 4 nitrogen and oxygen atoms in total. The molecular weight excluding hydrogens is 286 g/mol. The molecule has 0 bridgehead atoms. The number of phosphoric acid groups is 1. The molecule has 0 spiro atoms. The molecule has 0 N–H and O–H groups in total.